The molecule has 0 amide bonds. The lowest BCUT2D eigenvalue weighted by molar-refractivity contribution is 0.484. The van der Waals surface area contributed by atoms with Crippen LogP contribution in [0.5, 0.6) is 11.5 Å². The smallest absolute Gasteiger partial charge is 0.167 e. The lowest BCUT2D eigenvalue weighted by Gasteiger charge is -2.26. The van der Waals surface area contributed by atoms with Crippen LogP contribution in [0.25, 0.3) is 56.4 Å². The summed E-state index contributed by atoms with van der Waals surface area (Å²) < 4.78 is 165. The fourth-order valence-electron chi connectivity index (χ4n) is 5.68. The van der Waals surface area contributed by atoms with E-state index in [4.69, 9.17) is 36.1 Å². The number of rotatable bonds is 10. The molecule has 9 aromatic rings. The Bertz CT molecular complexity index is 3600. The largest absolute Gasteiger partial charge is 0.457 e. The van der Waals surface area contributed by atoms with Crippen LogP contribution in [-0.2, 0) is 0 Å². The summed E-state index contributed by atoms with van der Waals surface area (Å²) in [4.78, 5) is 15.0. The minimum atomic E-state index is -1.05. The second-order valence-electron chi connectivity index (χ2n) is 11.9. The Labute approximate surface area is 352 Å². The Hall–Kier alpha value is -7.63. The molecule has 5 nitrogen and oxygen atoms in total. The zero-order chi connectivity index (χ0) is 53.2. The predicted molar refractivity (Wildman–Crippen MR) is 228 cm³/mol. The Morgan fingerprint density at radius 1 is 0.375 bits per heavy atom. The number of para-hydroxylation sites is 2. The fourth-order valence-corrected chi connectivity index (χ4v) is 5.68. The molecule has 0 fully saturated rings. The molecule has 5 heteroatoms. The van der Waals surface area contributed by atoms with Crippen molar-refractivity contribution in [1.29, 1.82) is 0 Å². The normalized spacial score (nSPS) is 15.4. The Balaban J connectivity index is 1.20. The SMILES string of the molecule is [2H]c1c([2H])c([2H])c(-c2c([2H])c([2H])c(N(c3c([2H])c([2H])c([2H])c([2H])c3[2H])c3c([2H])c([2H])c(-c4cccc(Oc5ccccc5-c5nc(-c6ccccc6)nc(-c6ccccc6)n5)c4)c([2H])c3[2H])c([2H])c2[2H])c([2H])c1[2H]. The molecule has 0 aliphatic heterocycles. The van der Waals surface area contributed by atoms with Crippen LogP contribution in [0.2, 0.25) is 0 Å². The van der Waals surface area contributed by atoms with Crippen molar-refractivity contribution in [2.45, 2.75) is 0 Å². The molecule has 0 atom stereocenters. The molecule has 0 saturated heterocycles. The van der Waals surface area contributed by atoms with Gasteiger partial charge in [-0.2, -0.15) is 0 Å². The van der Waals surface area contributed by atoms with E-state index < -0.39 is 137 Å². The maximum atomic E-state index is 9.45. The van der Waals surface area contributed by atoms with Gasteiger partial charge in [-0.25, -0.2) is 15.0 Å². The van der Waals surface area contributed by atoms with Crippen molar-refractivity contribution in [3.8, 4) is 67.9 Å². The van der Waals surface area contributed by atoms with Gasteiger partial charge in [0.1, 0.15) is 11.5 Å². The van der Waals surface area contributed by atoms with Crippen molar-refractivity contribution in [2.24, 2.45) is 0 Å². The average Bonchev–Trinajstić information content (AvgIpc) is 3.41. The van der Waals surface area contributed by atoms with Crippen LogP contribution < -0.4 is 9.64 Å². The van der Waals surface area contributed by atoms with Crippen LogP contribution in [0, 0.1) is 0 Å². The lowest BCUT2D eigenvalue weighted by Crippen LogP contribution is -2.09. The molecule has 0 saturated carbocycles. The van der Waals surface area contributed by atoms with E-state index in [-0.39, 0.29) is 22.7 Å². The minimum Gasteiger partial charge on any atom is -0.457 e. The standard InChI is InChI=1S/C51H36N4O/c1-5-16-37(17-6-1)38-28-32-44(33-29-38)55(43-23-11-4-12-24-43)45-34-30-39(31-35-45)42-22-15-25-46(36-42)56-48-27-14-13-26-47(48)51-53-49(40-18-7-2-8-19-40)52-50(54-51)41-20-9-3-10-21-41/h1-36H/i1D,4D,5D,6D,11D,12D,16D,17D,23D,24D,28D,29D,30D,31D,32D,33D,34D,35D. The highest BCUT2D eigenvalue weighted by Crippen LogP contribution is 2.38. The summed E-state index contributed by atoms with van der Waals surface area (Å²) in [7, 11) is 0. The first-order chi connectivity index (χ1) is 35.2. The summed E-state index contributed by atoms with van der Waals surface area (Å²) in [5, 5.41) is 0. The van der Waals surface area contributed by atoms with Gasteiger partial charge in [-0.3, -0.25) is 0 Å². The van der Waals surface area contributed by atoms with E-state index >= 15 is 0 Å². The minimum absolute atomic E-state index is 0.114. The molecule has 56 heavy (non-hydrogen) atoms. The molecule has 0 spiro atoms. The first-order valence-electron chi connectivity index (χ1n) is 26.1. The third-order valence-electron chi connectivity index (χ3n) is 8.31. The Kier molecular flexibility index (Phi) is 5.53. The maximum Gasteiger partial charge on any atom is 0.167 e. The summed E-state index contributed by atoms with van der Waals surface area (Å²) in [6, 6.07) is 15.7. The summed E-state index contributed by atoms with van der Waals surface area (Å²) in [5.74, 6) is 1.59. The van der Waals surface area contributed by atoms with Gasteiger partial charge in [-0.1, -0.05) is 157 Å². The van der Waals surface area contributed by atoms with Gasteiger partial charge in [0.25, 0.3) is 0 Å². The summed E-state index contributed by atoms with van der Waals surface area (Å²) in [5.41, 5.74) is -2.21. The highest BCUT2D eigenvalue weighted by molar-refractivity contribution is 5.80. The van der Waals surface area contributed by atoms with E-state index in [0.29, 0.717) is 27.9 Å². The van der Waals surface area contributed by atoms with Crippen molar-refractivity contribution >= 4 is 17.1 Å². The number of ether oxygens (including phenoxy) is 1. The van der Waals surface area contributed by atoms with E-state index in [1.807, 2.05) is 60.7 Å². The van der Waals surface area contributed by atoms with Crippen molar-refractivity contribution < 1.29 is 29.4 Å². The molecule has 0 N–H and O–H groups in total. The van der Waals surface area contributed by atoms with Gasteiger partial charge >= 0.3 is 0 Å². The molecule has 1 heterocycles. The molecule has 8 aromatic carbocycles. The first kappa shape index (κ1) is 19.6. The van der Waals surface area contributed by atoms with Crippen LogP contribution in [0.3, 0.4) is 0 Å². The molecular weight excluding hydrogens is 685 g/mol. The second-order valence-corrected chi connectivity index (χ2v) is 11.9. The first-order valence-corrected chi connectivity index (χ1v) is 17.1. The zero-order valence-corrected chi connectivity index (χ0v) is 29.1. The number of hydrogen-bond acceptors (Lipinski definition) is 5. The van der Waals surface area contributed by atoms with Crippen LogP contribution in [0.4, 0.5) is 17.1 Å². The topological polar surface area (TPSA) is 51.1 Å². The number of nitrogens with zero attached hydrogens (tertiary/aromatic N) is 4. The number of anilines is 3. The van der Waals surface area contributed by atoms with Gasteiger partial charge in [0.2, 0.25) is 0 Å². The second kappa shape index (κ2) is 15.8. The van der Waals surface area contributed by atoms with E-state index in [2.05, 4.69) is 0 Å². The Morgan fingerprint density at radius 3 is 1.45 bits per heavy atom. The van der Waals surface area contributed by atoms with Crippen LogP contribution in [0.1, 0.15) is 24.7 Å². The van der Waals surface area contributed by atoms with Gasteiger partial charge < -0.3 is 9.64 Å². The van der Waals surface area contributed by atoms with E-state index in [1.165, 1.54) is 12.1 Å². The fraction of sp³-hybridized carbons (Fsp3) is 0. The molecule has 0 radical (unpaired) electrons. The molecule has 266 valence electrons. The van der Waals surface area contributed by atoms with Crippen LogP contribution in [0.15, 0.2) is 218 Å². The van der Waals surface area contributed by atoms with Crippen molar-refractivity contribution in [3.05, 3.63) is 218 Å². The molecular formula is C51H36N4O. The zero-order valence-electron chi connectivity index (χ0n) is 47.1. The van der Waals surface area contributed by atoms with Crippen molar-refractivity contribution in [3.63, 3.8) is 0 Å². The third-order valence-corrected chi connectivity index (χ3v) is 8.31. The molecule has 0 aliphatic rings. The maximum absolute atomic E-state index is 9.45. The number of aromatic nitrogens is 3. The van der Waals surface area contributed by atoms with E-state index in [9.17, 15) is 8.22 Å². The third kappa shape index (κ3) is 7.43. The van der Waals surface area contributed by atoms with Gasteiger partial charge in [0.05, 0.1) is 30.2 Å². The van der Waals surface area contributed by atoms with Crippen LogP contribution >= 0.6 is 0 Å². The van der Waals surface area contributed by atoms with E-state index in [0.717, 1.165) is 11.1 Å². The summed E-state index contributed by atoms with van der Waals surface area (Å²) in [6.45, 7) is 0. The summed E-state index contributed by atoms with van der Waals surface area (Å²) in [6.07, 6.45) is 0. The van der Waals surface area contributed by atoms with Crippen LogP contribution in [-0.4, -0.2) is 15.0 Å². The number of hydrogen-bond donors (Lipinski definition) is 0. The van der Waals surface area contributed by atoms with Gasteiger partial charge in [0, 0.05) is 28.2 Å². The van der Waals surface area contributed by atoms with Crippen molar-refractivity contribution in [2.75, 3.05) is 4.90 Å². The molecule has 0 bridgehead atoms. The van der Waals surface area contributed by atoms with E-state index in [1.54, 1.807) is 36.4 Å². The molecule has 0 aliphatic carbocycles. The molecule has 9 rings (SSSR count). The van der Waals surface area contributed by atoms with Crippen molar-refractivity contribution in [1.82, 2.24) is 15.0 Å². The predicted octanol–water partition coefficient (Wildman–Crippen LogP) is 13.5. The average molecular weight is 739 g/mol. The highest BCUT2D eigenvalue weighted by atomic mass is 16.5. The lowest BCUT2D eigenvalue weighted by atomic mass is 10.0. The quantitative estimate of drug-likeness (QED) is 0.140. The monoisotopic (exact) mass is 738 g/mol. The summed E-state index contributed by atoms with van der Waals surface area (Å²) >= 11 is 0. The molecule has 1 aromatic heterocycles. The molecule has 0 unspecified atom stereocenters. The highest BCUT2D eigenvalue weighted by Gasteiger charge is 2.17. The van der Waals surface area contributed by atoms with Gasteiger partial charge in [0.15, 0.2) is 17.5 Å². The van der Waals surface area contributed by atoms with Gasteiger partial charge in [-0.05, 0) is 82.8 Å². The number of benzene rings is 8. The Morgan fingerprint density at radius 2 is 0.839 bits per heavy atom. The van der Waals surface area contributed by atoms with Gasteiger partial charge in [-0.15, -0.1) is 0 Å².